The predicted octanol–water partition coefficient (Wildman–Crippen LogP) is 2.90. The largest absolute Gasteiger partial charge is 0.497 e. The number of rotatable bonds is 6. The summed E-state index contributed by atoms with van der Waals surface area (Å²) in [4.78, 5) is 16.4. The molecule has 2 heterocycles. The van der Waals surface area contributed by atoms with Crippen molar-refractivity contribution in [2.75, 3.05) is 18.6 Å². The zero-order valence-electron chi connectivity index (χ0n) is 13.5. The first kappa shape index (κ1) is 16.6. The molecule has 2 aromatic rings. The fourth-order valence-corrected chi connectivity index (χ4v) is 3.52. The second kappa shape index (κ2) is 8.06. The van der Waals surface area contributed by atoms with Crippen molar-refractivity contribution in [1.29, 1.82) is 0 Å². The van der Waals surface area contributed by atoms with Crippen LogP contribution in [0.15, 0.2) is 42.6 Å². The maximum absolute atomic E-state index is 12.2. The first-order valence-electron chi connectivity index (χ1n) is 7.86. The smallest absolute Gasteiger partial charge is 0.253 e. The summed E-state index contributed by atoms with van der Waals surface area (Å²) >= 11 is 1.89. The van der Waals surface area contributed by atoms with Crippen molar-refractivity contribution in [3.63, 3.8) is 0 Å². The summed E-state index contributed by atoms with van der Waals surface area (Å²) in [5.74, 6) is 3.33. The molecule has 1 fully saturated rings. The first-order chi connectivity index (χ1) is 11.7. The maximum atomic E-state index is 12.2. The Kier molecular flexibility index (Phi) is 5.59. The zero-order valence-corrected chi connectivity index (χ0v) is 14.3. The van der Waals surface area contributed by atoms with Crippen LogP contribution in [0.1, 0.15) is 22.3 Å². The third kappa shape index (κ3) is 4.41. The number of carbonyl (C=O) groups excluding carboxylic acids is 1. The minimum Gasteiger partial charge on any atom is -0.497 e. The highest BCUT2D eigenvalue weighted by atomic mass is 32.2. The Balaban J connectivity index is 1.54. The number of thioether (sulfide) groups is 1. The van der Waals surface area contributed by atoms with Gasteiger partial charge in [-0.05, 0) is 35.9 Å². The lowest BCUT2D eigenvalue weighted by Gasteiger charge is -2.11. The van der Waals surface area contributed by atoms with E-state index >= 15 is 0 Å². The van der Waals surface area contributed by atoms with E-state index in [0.29, 0.717) is 18.0 Å². The standard InChI is InChI=1S/C18H20N2O3S/c1-22-15-4-2-3-13(9-15)10-20-18(21)14-5-6-17(19-11-14)23-16-7-8-24-12-16/h2-6,9,11,16H,7-8,10,12H2,1H3,(H,20,21)/t16-/m1/s1. The number of nitrogens with one attached hydrogen (secondary N) is 1. The summed E-state index contributed by atoms with van der Waals surface area (Å²) in [5.41, 5.74) is 1.50. The molecule has 1 aromatic carbocycles. The van der Waals surface area contributed by atoms with Crippen LogP contribution in [0, 0.1) is 0 Å². The van der Waals surface area contributed by atoms with Crippen LogP contribution in [-0.4, -0.2) is 35.6 Å². The lowest BCUT2D eigenvalue weighted by atomic mass is 10.2. The number of hydrogen-bond donors (Lipinski definition) is 1. The molecule has 126 valence electrons. The number of aromatic nitrogens is 1. The van der Waals surface area contributed by atoms with Crippen LogP contribution in [0.2, 0.25) is 0 Å². The van der Waals surface area contributed by atoms with E-state index in [1.807, 2.05) is 36.0 Å². The highest BCUT2D eigenvalue weighted by molar-refractivity contribution is 7.99. The van der Waals surface area contributed by atoms with Gasteiger partial charge in [0.15, 0.2) is 0 Å². The Bertz CT molecular complexity index is 685. The average Bonchev–Trinajstić information content (AvgIpc) is 3.13. The molecule has 1 saturated heterocycles. The van der Waals surface area contributed by atoms with Crippen LogP contribution in [-0.2, 0) is 6.54 Å². The van der Waals surface area contributed by atoms with Gasteiger partial charge in [0.2, 0.25) is 5.88 Å². The third-order valence-corrected chi connectivity index (χ3v) is 4.89. The van der Waals surface area contributed by atoms with E-state index in [9.17, 15) is 4.79 Å². The summed E-state index contributed by atoms with van der Waals surface area (Å²) in [6.07, 6.45) is 2.84. The topological polar surface area (TPSA) is 60.5 Å². The van der Waals surface area contributed by atoms with Crippen LogP contribution in [0.5, 0.6) is 11.6 Å². The number of pyridine rings is 1. The predicted molar refractivity (Wildman–Crippen MR) is 94.8 cm³/mol. The van der Waals surface area contributed by atoms with E-state index in [1.54, 1.807) is 25.4 Å². The molecule has 3 rings (SSSR count). The molecular formula is C18H20N2O3S. The van der Waals surface area contributed by atoms with Crippen LogP contribution in [0.4, 0.5) is 0 Å². The number of ether oxygens (including phenoxy) is 2. The van der Waals surface area contributed by atoms with Gasteiger partial charge in [0.1, 0.15) is 11.9 Å². The molecule has 0 spiro atoms. The molecule has 0 unspecified atom stereocenters. The fourth-order valence-electron chi connectivity index (χ4n) is 2.43. The lowest BCUT2D eigenvalue weighted by molar-refractivity contribution is 0.0950. The van der Waals surface area contributed by atoms with Gasteiger partial charge >= 0.3 is 0 Å². The molecule has 1 amide bonds. The Morgan fingerprint density at radius 1 is 1.38 bits per heavy atom. The summed E-state index contributed by atoms with van der Waals surface area (Å²) in [6.45, 7) is 0.438. The van der Waals surface area contributed by atoms with Crippen molar-refractivity contribution in [3.05, 3.63) is 53.7 Å². The minimum atomic E-state index is -0.159. The minimum absolute atomic E-state index is 0.159. The van der Waals surface area contributed by atoms with Gasteiger partial charge in [0, 0.05) is 24.6 Å². The van der Waals surface area contributed by atoms with Gasteiger partial charge in [-0.15, -0.1) is 0 Å². The van der Waals surface area contributed by atoms with Crippen molar-refractivity contribution in [2.45, 2.75) is 19.1 Å². The van der Waals surface area contributed by atoms with Crippen LogP contribution < -0.4 is 14.8 Å². The van der Waals surface area contributed by atoms with Crippen LogP contribution in [0.3, 0.4) is 0 Å². The number of methoxy groups -OCH3 is 1. The normalized spacial score (nSPS) is 16.6. The van der Waals surface area contributed by atoms with Gasteiger partial charge in [-0.2, -0.15) is 11.8 Å². The fraction of sp³-hybridized carbons (Fsp3) is 0.333. The molecule has 1 atom stereocenters. The van der Waals surface area contributed by atoms with Crippen molar-refractivity contribution in [2.24, 2.45) is 0 Å². The number of carbonyl (C=O) groups is 1. The van der Waals surface area contributed by atoms with Gasteiger partial charge in [0.05, 0.1) is 12.7 Å². The molecule has 24 heavy (non-hydrogen) atoms. The number of hydrogen-bond acceptors (Lipinski definition) is 5. The quantitative estimate of drug-likeness (QED) is 0.873. The van der Waals surface area contributed by atoms with Gasteiger partial charge in [0.25, 0.3) is 5.91 Å². The van der Waals surface area contributed by atoms with Crippen molar-refractivity contribution < 1.29 is 14.3 Å². The molecule has 1 aliphatic rings. The number of benzene rings is 1. The van der Waals surface area contributed by atoms with Gasteiger partial charge in [-0.1, -0.05) is 12.1 Å². The number of amides is 1. The summed E-state index contributed by atoms with van der Waals surface area (Å²) in [5, 5.41) is 2.88. The first-order valence-corrected chi connectivity index (χ1v) is 9.01. The molecule has 5 nitrogen and oxygen atoms in total. The number of nitrogens with zero attached hydrogens (tertiary/aromatic N) is 1. The average molecular weight is 344 g/mol. The molecule has 0 radical (unpaired) electrons. The lowest BCUT2D eigenvalue weighted by Crippen LogP contribution is -2.23. The summed E-state index contributed by atoms with van der Waals surface area (Å²) < 4.78 is 11.0. The molecular weight excluding hydrogens is 324 g/mol. The maximum Gasteiger partial charge on any atom is 0.253 e. The third-order valence-electron chi connectivity index (χ3n) is 3.76. The zero-order chi connectivity index (χ0) is 16.8. The molecule has 0 bridgehead atoms. The molecule has 1 N–H and O–H groups in total. The molecule has 0 aliphatic carbocycles. The Morgan fingerprint density at radius 3 is 3.00 bits per heavy atom. The SMILES string of the molecule is COc1cccc(CNC(=O)c2ccc(O[C@@H]3CCSC3)nc2)c1. The second-order valence-corrected chi connectivity index (χ2v) is 6.67. The van der Waals surface area contributed by atoms with Gasteiger partial charge in [-0.25, -0.2) is 4.98 Å². The Labute approximate surface area is 145 Å². The van der Waals surface area contributed by atoms with E-state index in [1.165, 1.54) is 0 Å². The molecule has 1 aliphatic heterocycles. The molecule has 0 saturated carbocycles. The summed E-state index contributed by atoms with van der Waals surface area (Å²) in [6, 6.07) is 11.1. The highest BCUT2D eigenvalue weighted by Crippen LogP contribution is 2.22. The molecule has 1 aromatic heterocycles. The van der Waals surface area contributed by atoms with E-state index in [-0.39, 0.29) is 12.0 Å². The van der Waals surface area contributed by atoms with Crippen molar-refractivity contribution in [3.8, 4) is 11.6 Å². The van der Waals surface area contributed by atoms with Crippen molar-refractivity contribution >= 4 is 17.7 Å². The highest BCUT2D eigenvalue weighted by Gasteiger charge is 2.17. The van der Waals surface area contributed by atoms with Gasteiger partial charge in [-0.3, -0.25) is 4.79 Å². The van der Waals surface area contributed by atoms with E-state index in [0.717, 1.165) is 29.2 Å². The van der Waals surface area contributed by atoms with Gasteiger partial charge < -0.3 is 14.8 Å². The van der Waals surface area contributed by atoms with E-state index in [2.05, 4.69) is 10.3 Å². The van der Waals surface area contributed by atoms with Crippen molar-refractivity contribution in [1.82, 2.24) is 10.3 Å². The summed E-state index contributed by atoms with van der Waals surface area (Å²) in [7, 11) is 1.62. The van der Waals surface area contributed by atoms with E-state index < -0.39 is 0 Å². The molecule has 6 heteroatoms. The van der Waals surface area contributed by atoms with Crippen LogP contribution >= 0.6 is 11.8 Å². The monoisotopic (exact) mass is 344 g/mol. The van der Waals surface area contributed by atoms with E-state index in [4.69, 9.17) is 9.47 Å². The second-order valence-electron chi connectivity index (χ2n) is 5.52. The Hall–Kier alpha value is -2.21. The Morgan fingerprint density at radius 2 is 2.29 bits per heavy atom. The van der Waals surface area contributed by atoms with Crippen LogP contribution in [0.25, 0.3) is 0 Å².